The van der Waals surface area contributed by atoms with E-state index < -0.39 is 0 Å². The number of fused-ring (bicyclic) bond motifs is 1. The van der Waals surface area contributed by atoms with Gasteiger partial charge in [0, 0.05) is 32.2 Å². The van der Waals surface area contributed by atoms with Crippen molar-refractivity contribution in [3.8, 4) is 5.69 Å². The van der Waals surface area contributed by atoms with E-state index in [1.807, 2.05) is 89.3 Å². The van der Waals surface area contributed by atoms with Crippen LogP contribution in [0.25, 0.3) is 15.3 Å². The van der Waals surface area contributed by atoms with Gasteiger partial charge in [-0.25, -0.2) is 0 Å². The van der Waals surface area contributed by atoms with Gasteiger partial charge in [-0.05, 0) is 12.1 Å². The average Bonchev–Trinajstić information content (AvgIpc) is 3.01. The molecule has 0 radical (unpaired) electrons. The second-order valence-electron chi connectivity index (χ2n) is 5.62. The molecule has 0 atom stereocenters. The molecule has 0 fully saturated rings. The van der Waals surface area contributed by atoms with Crippen LogP contribution in [0, 0.1) is 0 Å². The third-order valence-corrected chi connectivity index (χ3v) is 5.99. The van der Waals surface area contributed by atoms with Crippen LogP contribution < -0.4 is 10.5 Å². The molecule has 25 heavy (non-hydrogen) atoms. The van der Waals surface area contributed by atoms with Crippen molar-refractivity contribution in [1.29, 1.82) is 0 Å². The van der Waals surface area contributed by atoms with Gasteiger partial charge >= 0.3 is 98.6 Å². The maximum absolute atomic E-state index is 12.1. The maximum atomic E-state index is 12.1. The molecule has 0 aliphatic heterocycles. The second-order valence-corrected chi connectivity index (χ2v) is 7.69. The summed E-state index contributed by atoms with van der Waals surface area (Å²) >= 11 is 0.0784. The standard InChI is InChI=1S/C13H9NOSe.C7H10N2/c15-13-11-8-4-5-9-12(11)16-14(13)10-6-2-1-3-7-10;1-9(2)7-3-5-8-6-4-7/h1-9H;3-6H,1-2H3. The first-order valence-corrected chi connectivity index (χ1v) is 9.53. The molecule has 4 rings (SSSR count). The molecule has 2 aromatic heterocycles. The predicted octanol–water partition coefficient (Wildman–Crippen LogP) is 3.20. The van der Waals surface area contributed by atoms with Crippen molar-refractivity contribution in [1.82, 2.24) is 8.55 Å². The fourth-order valence-corrected chi connectivity index (χ4v) is 4.44. The number of para-hydroxylation sites is 1. The number of hydrogen-bond acceptors (Lipinski definition) is 3. The molecule has 4 nitrogen and oxygen atoms in total. The Morgan fingerprint density at radius 1 is 0.880 bits per heavy atom. The third kappa shape index (κ3) is 4.08. The van der Waals surface area contributed by atoms with Crippen molar-refractivity contribution in [2.24, 2.45) is 0 Å². The summed E-state index contributed by atoms with van der Waals surface area (Å²) in [4.78, 5) is 18.1. The van der Waals surface area contributed by atoms with Crippen molar-refractivity contribution in [2.75, 3.05) is 19.0 Å². The second kappa shape index (κ2) is 7.97. The SMILES string of the molecule is CN(C)c1ccncc1.O=c1c2ccccc2[se]n1-c1ccccc1. The number of benzene rings is 2. The molecule has 0 aliphatic carbocycles. The van der Waals surface area contributed by atoms with Crippen molar-refractivity contribution < 1.29 is 0 Å². The molecule has 0 amide bonds. The van der Waals surface area contributed by atoms with Gasteiger partial charge in [0.2, 0.25) is 0 Å². The fourth-order valence-electron chi connectivity index (χ4n) is 2.35. The predicted molar refractivity (Wildman–Crippen MR) is 105 cm³/mol. The minimum absolute atomic E-state index is 0.0784. The summed E-state index contributed by atoms with van der Waals surface area (Å²) < 4.78 is 3.04. The van der Waals surface area contributed by atoms with Gasteiger partial charge in [0.1, 0.15) is 0 Å². The zero-order valence-corrected chi connectivity index (χ0v) is 15.9. The molecule has 126 valence electrons. The van der Waals surface area contributed by atoms with Crippen molar-refractivity contribution in [3.63, 3.8) is 0 Å². The van der Waals surface area contributed by atoms with Crippen LogP contribution in [0.5, 0.6) is 0 Å². The van der Waals surface area contributed by atoms with Crippen LogP contribution in [-0.2, 0) is 0 Å². The quantitative estimate of drug-likeness (QED) is 0.489. The van der Waals surface area contributed by atoms with Gasteiger partial charge in [-0.3, -0.25) is 4.98 Å². The molecule has 4 aromatic rings. The van der Waals surface area contributed by atoms with Crippen LogP contribution in [-0.4, -0.2) is 37.4 Å². The number of hydrogen-bond donors (Lipinski definition) is 0. The first-order valence-electron chi connectivity index (χ1n) is 7.90. The Bertz CT molecular complexity index is 992. The number of anilines is 1. The van der Waals surface area contributed by atoms with Crippen molar-refractivity contribution >= 4 is 30.1 Å². The number of nitrogens with zero attached hydrogens (tertiary/aromatic N) is 3. The molecule has 0 saturated heterocycles. The van der Waals surface area contributed by atoms with Crippen LogP contribution in [0.2, 0.25) is 0 Å². The van der Waals surface area contributed by atoms with E-state index in [9.17, 15) is 4.79 Å². The van der Waals surface area contributed by atoms with Gasteiger partial charge in [0.15, 0.2) is 0 Å². The summed E-state index contributed by atoms with van der Waals surface area (Å²) in [6.07, 6.45) is 3.57. The molecule has 2 heterocycles. The Balaban J connectivity index is 0.000000173. The Labute approximate surface area is 153 Å². The van der Waals surface area contributed by atoms with E-state index in [0.29, 0.717) is 0 Å². The Morgan fingerprint density at radius 2 is 1.52 bits per heavy atom. The van der Waals surface area contributed by atoms with E-state index in [2.05, 4.69) is 4.98 Å². The van der Waals surface area contributed by atoms with E-state index in [-0.39, 0.29) is 20.3 Å². The van der Waals surface area contributed by atoms with E-state index in [1.165, 1.54) is 9.95 Å². The molecular weight excluding hydrogens is 377 g/mol. The third-order valence-electron chi connectivity index (χ3n) is 3.66. The zero-order chi connectivity index (χ0) is 17.6. The summed E-state index contributed by atoms with van der Waals surface area (Å²) in [5.41, 5.74) is 2.30. The summed E-state index contributed by atoms with van der Waals surface area (Å²) in [6, 6.07) is 21.6. The van der Waals surface area contributed by atoms with Gasteiger partial charge in [0.25, 0.3) is 0 Å². The molecule has 2 aromatic carbocycles. The Hall–Kier alpha value is -2.62. The van der Waals surface area contributed by atoms with Crippen molar-refractivity contribution in [3.05, 3.63) is 89.5 Å². The molecule has 0 unspecified atom stereocenters. The van der Waals surface area contributed by atoms with E-state index in [0.717, 1.165) is 11.1 Å². The summed E-state index contributed by atoms with van der Waals surface area (Å²) in [5.74, 6) is 0. The van der Waals surface area contributed by atoms with Crippen LogP contribution in [0.3, 0.4) is 0 Å². The number of aromatic nitrogens is 2. The zero-order valence-electron chi connectivity index (χ0n) is 14.2. The van der Waals surface area contributed by atoms with Crippen LogP contribution in [0.4, 0.5) is 5.69 Å². The molecule has 0 aliphatic rings. The summed E-state index contributed by atoms with van der Waals surface area (Å²) in [6.45, 7) is 0. The fraction of sp³-hybridized carbons (Fsp3) is 0.100. The van der Waals surface area contributed by atoms with Crippen LogP contribution in [0.15, 0.2) is 83.9 Å². The van der Waals surface area contributed by atoms with Gasteiger partial charge in [-0.2, -0.15) is 0 Å². The van der Waals surface area contributed by atoms with Gasteiger partial charge < -0.3 is 4.90 Å². The molecule has 0 saturated carbocycles. The van der Waals surface area contributed by atoms with Crippen LogP contribution in [0.1, 0.15) is 0 Å². The first kappa shape index (κ1) is 17.2. The Morgan fingerprint density at radius 3 is 2.12 bits per heavy atom. The molecule has 0 N–H and O–H groups in total. The van der Waals surface area contributed by atoms with E-state index in [1.54, 1.807) is 12.4 Å². The topological polar surface area (TPSA) is 38.1 Å². The summed E-state index contributed by atoms with van der Waals surface area (Å²) in [5, 5.41) is 0.853. The minimum atomic E-state index is 0.0784. The Kier molecular flexibility index (Phi) is 5.49. The number of pyridine rings is 1. The number of rotatable bonds is 2. The molecule has 5 heteroatoms. The normalized spacial score (nSPS) is 10.2. The van der Waals surface area contributed by atoms with Crippen LogP contribution >= 0.6 is 0 Å². The summed E-state index contributed by atoms with van der Waals surface area (Å²) in [7, 11) is 4.02. The first-order chi connectivity index (χ1) is 12.2. The van der Waals surface area contributed by atoms with E-state index >= 15 is 0 Å². The molecule has 0 spiro atoms. The van der Waals surface area contributed by atoms with Gasteiger partial charge in [-0.1, -0.05) is 0 Å². The van der Waals surface area contributed by atoms with Gasteiger partial charge in [-0.15, -0.1) is 0 Å². The van der Waals surface area contributed by atoms with E-state index in [4.69, 9.17) is 0 Å². The average molecular weight is 396 g/mol. The monoisotopic (exact) mass is 397 g/mol. The van der Waals surface area contributed by atoms with Gasteiger partial charge in [0.05, 0.1) is 0 Å². The molecular formula is C20H19N3OSe. The molecule has 0 bridgehead atoms. The van der Waals surface area contributed by atoms with Crippen molar-refractivity contribution in [2.45, 2.75) is 0 Å².